The van der Waals surface area contributed by atoms with E-state index in [0.29, 0.717) is 12.5 Å². The summed E-state index contributed by atoms with van der Waals surface area (Å²) in [6.45, 7) is 12.3. The lowest BCUT2D eigenvalue weighted by Gasteiger charge is -2.36. The largest absolute Gasteiger partial charge is 0.497 e. The number of benzene rings is 1. The summed E-state index contributed by atoms with van der Waals surface area (Å²) in [6, 6.07) is 7.38. The average Bonchev–Trinajstić information content (AvgIpc) is 2.61. The van der Waals surface area contributed by atoms with Gasteiger partial charge in [-0.1, -0.05) is 20.8 Å². The Balaban J connectivity index is 1.80. The molecule has 6 nitrogen and oxygen atoms in total. The van der Waals surface area contributed by atoms with Crippen LogP contribution < -0.4 is 10.1 Å². The van der Waals surface area contributed by atoms with Crippen LogP contribution in [0.2, 0.25) is 0 Å². The highest BCUT2D eigenvalue weighted by molar-refractivity contribution is 5.92. The maximum Gasteiger partial charge on any atom is 0.238 e. The molecule has 6 heteroatoms. The van der Waals surface area contributed by atoms with E-state index < -0.39 is 0 Å². The van der Waals surface area contributed by atoms with Crippen molar-refractivity contribution in [3.05, 3.63) is 24.3 Å². The molecule has 146 valence electrons. The van der Waals surface area contributed by atoms with E-state index in [1.54, 1.807) is 7.11 Å². The summed E-state index contributed by atoms with van der Waals surface area (Å²) >= 11 is 0. The Morgan fingerprint density at radius 2 is 2.12 bits per heavy atom. The molecule has 1 aliphatic rings. The monoisotopic (exact) mass is 363 g/mol. The molecule has 1 aliphatic heterocycles. The minimum Gasteiger partial charge on any atom is -0.497 e. The first-order chi connectivity index (χ1) is 12.5. The highest BCUT2D eigenvalue weighted by atomic mass is 16.5. The Labute approximate surface area is 157 Å². The second-order valence-electron chi connectivity index (χ2n) is 7.25. The van der Waals surface area contributed by atoms with Gasteiger partial charge in [0.1, 0.15) is 5.75 Å². The smallest absolute Gasteiger partial charge is 0.238 e. The third-order valence-electron chi connectivity index (χ3n) is 4.50. The van der Waals surface area contributed by atoms with Crippen LogP contribution in [0.3, 0.4) is 0 Å². The van der Waals surface area contributed by atoms with Crippen LogP contribution in [0.4, 0.5) is 5.69 Å². The number of amides is 1. The summed E-state index contributed by atoms with van der Waals surface area (Å²) in [5.74, 6) is 1.43. The number of ether oxygens (including phenoxy) is 2. The fourth-order valence-electron chi connectivity index (χ4n) is 3.24. The van der Waals surface area contributed by atoms with Crippen LogP contribution in [0.1, 0.15) is 20.8 Å². The highest BCUT2D eigenvalue weighted by Gasteiger charge is 2.23. The van der Waals surface area contributed by atoms with Gasteiger partial charge in [-0.2, -0.15) is 0 Å². The molecule has 0 bridgehead atoms. The molecule has 26 heavy (non-hydrogen) atoms. The van der Waals surface area contributed by atoms with Crippen molar-refractivity contribution >= 4 is 11.6 Å². The zero-order valence-corrected chi connectivity index (χ0v) is 16.5. The molecule has 0 radical (unpaired) electrons. The zero-order valence-electron chi connectivity index (χ0n) is 16.5. The Morgan fingerprint density at radius 1 is 1.38 bits per heavy atom. The molecule has 1 atom stereocenters. The molecule has 0 saturated carbocycles. The van der Waals surface area contributed by atoms with Gasteiger partial charge in [0.15, 0.2) is 0 Å². The van der Waals surface area contributed by atoms with Gasteiger partial charge >= 0.3 is 0 Å². The Bertz CT molecular complexity index is 548. The lowest BCUT2D eigenvalue weighted by atomic mass is 10.1. The van der Waals surface area contributed by atoms with Crippen LogP contribution in [0.15, 0.2) is 24.3 Å². The first-order valence-corrected chi connectivity index (χ1v) is 9.50. The van der Waals surface area contributed by atoms with Crippen LogP contribution in [-0.4, -0.2) is 74.8 Å². The van der Waals surface area contributed by atoms with Gasteiger partial charge in [0, 0.05) is 31.9 Å². The summed E-state index contributed by atoms with van der Waals surface area (Å²) < 4.78 is 11.1. The normalized spacial score (nSPS) is 18.3. The van der Waals surface area contributed by atoms with Crippen molar-refractivity contribution in [2.24, 2.45) is 5.92 Å². The highest BCUT2D eigenvalue weighted by Crippen LogP contribution is 2.15. The number of carbonyl (C=O) groups excluding carboxylic acids is 1. The number of hydrogen-bond acceptors (Lipinski definition) is 5. The molecule has 1 aromatic carbocycles. The van der Waals surface area contributed by atoms with Gasteiger partial charge in [0.05, 0.1) is 26.4 Å². The number of nitrogens with one attached hydrogen (secondary N) is 1. The number of hydrogen-bond donors (Lipinski definition) is 1. The van der Waals surface area contributed by atoms with E-state index in [1.165, 1.54) is 0 Å². The van der Waals surface area contributed by atoms with Crippen LogP contribution >= 0.6 is 0 Å². The van der Waals surface area contributed by atoms with Crippen molar-refractivity contribution in [1.29, 1.82) is 0 Å². The van der Waals surface area contributed by atoms with Crippen molar-refractivity contribution in [1.82, 2.24) is 9.80 Å². The number of likely N-dealkylation sites (N-methyl/N-ethyl adjacent to an activating group) is 1. The van der Waals surface area contributed by atoms with E-state index in [2.05, 4.69) is 35.9 Å². The fraction of sp³-hybridized carbons (Fsp3) is 0.650. The Morgan fingerprint density at radius 3 is 2.73 bits per heavy atom. The molecule has 1 amide bonds. The van der Waals surface area contributed by atoms with Crippen LogP contribution in [0, 0.1) is 5.92 Å². The summed E-state index contributed by atoms with van der Waals surface area (Å²) in [4.78, 5) is 17.0. The molecular formula is C20H33N3O3. The van der Waals surface area contributed by atoms with E-state index >= 15 is 0 Å². The SMILES string of the molecule is CCN(CC(=O)Nc1ccc(OC)cc1)C[C@@H]1CN(CC(C)C)CCO1. The van der Waals surface area contributed by atoms with Gasteiger partial charge in [-0.3, -0.25) is 14.6 Å². The lowest BCUT2D eigenvalue weighted by molar-refractivity contribution is -0.118. The van der Waals surface area contributed by atoms with E-state index in [9.17, 15) is 4.79 Å². The predicted octanol–water partition coefficient (Wildman–Crippen LogP) is 2.31. The number of rotatable bonds is 9. The van der Waals surface area contributed by atoms with Gasteiger partial charge in [0.25, 0.3) is 0 Å². The van der Waals surface area contributed by atoms with Crippen molar-refractivity contribution in [2.45, 2.75) is 26.9 Å². The summed E-state index contributed by atoms with van der Waals surface area (Å²) in [7, 11) is 1.63. The van der Waals surface area contributed by atoms with Gasteiger partial charge in [-0.05, 0) is 36.7 Å². The first kappa shape index (κ1) is 20.7. The minimum absolute atomic E-state index is 0.00753. The number of morpholine rings is 1. The Hall–Kier alpha value is -1.63. The first-order valence-electron chi connectivity index (χ1n) is 9.50. The predicted molar refractivity (Wildman–Crippen MR) is 105 cm³/mol. The minimum atomic E-state index is -0.00753. The molecule has 1 aromatic rings. The quantitative estimate of drug-likeness (QED) is 0.730. The molecule has 1 N–H and O–H groups in total. The molecular weight excluding hydrogens is 330 g/mol. The number of carbonyl (C=O) groups is 1. The molecule has 1 saturated heterocycles. The van der Waals surface area contributed by atoms with Crippen molar-refractivity contribution < 1.29 is 14.3 Å². The Kier molecular flexibility index (Phi) is 8.35. The molecule has 0 unspecified atom stereocenters. The van der Waals surface area contributed by atoms with Gasteiger partial charge < -0.3 is 14.8 Å². The third kappa shape index (κ3) is 6.94. The molecule has 0 aliphatic carbocycles. The van der Waals surface area contributed by atoms with Gasteiger partial charge in [-0.15, -0.1) is 0 Å². The van der Waals surface area contributed by atoms with Crippen LogP contribution in [0.25, 0.3) is 0 Å². The molecule has 1 heterocycles. The number of anilines is 1. The summed E-state index contributed by atoms with van der Waals surface area (Å²) in [5, 5.41) is 2.94. The summed E-state index contributed by atoms with van der Waals surface area (Å²) in [6.07, 6.45) is 0.163. The second-order valence-corrected chi connectivity index (χ2v) is 7.25. The van der Waals surface area contributed by atoms with E-state index in [1.807, 2.05) is 24.3 Å². The van der Waals surface area contributed by atoms with Crippen LogP contribution in [-0.2, 0) is 9.53 Å². The second kappa shape index (κ2) is 10.5. The zero-order chi connectivity index (χ0) is 18.9. The van der Waals surface area contributed by atoms with Crippen LogP contribution in [0.5, 0.6) is 5.75 Å². The summed E-state index contributed by atoms with van der Waals surface area (Å²) in [5.41, 5.74) is 0.781. The van der Waals surface area contributed by atoms with E-state index in [4.69, 9.17) is 9.47 Å². The molecule has 1 fully saturated rings. The van der Waals surface area contributed by atoms with Crippen molar-refractivity contribution in [3.8, 4) is 5.75 Å². The van der Waals surface area contributed by atoms with E-state index in [-0.39, 0.29) is 12.0 Å². The maximum absolute atomic E-state index is 12.4. The molecule has 2 rings (SSSR count). The third-order valence-corrected chi connectivity index (χ3v) is 4.50. The van der Waals surface area contributed by atoms with Crippen molar-refractivity contribution in [2.75, 3.05) is 58.3 Å². The topological polar surface area (TPSA) is 54.0 Å². The van der Waals surface area contributed by atoms with E-state index in [0.717, 1.165) is 50.8 Å². The van der Waals surface area contributed by atoms with Gasteiger partial charge in [-0.25, -0.2) is 0 Å². The van der Waals surface area contributed by atoms with Crippen molar-refractivity contribution in [3.63, 3.8) is 0 Å². The molecule has 0 aromatic heterocycles. The lowest BCUT2D eigenvalue weighted by Crippen LogP contribution is -2.49. The maximum atomic E-state index is 12.4. The number of nitrogens with zero attached hydrogens (tertiary/aromatic N) is 2. The molecule has 0 spiro atoms. The fourth-order valence-corrected chi connectivity index (χ4v) is 3.24. The van der Waals surface area contributed by atoms with Gasteiger partial charge in [0.2, 0.25) is 5.91 Å². The standard InChI is InChI=1S/C20H33N3O3/c1-5-22(13-19-14-23(10-11-26-19)12-16(2)3)15-20(24)21-17-6-8-18(25-4)9-7-17/h6-9,16,19H,5,10-15H2,1-4H3,(H,21,24)/t19-/m1/s1. The average molecular weight is 364 g/mol. The number of methoxy groups -OCH3 is 1.